The third kappa shape index (κ3) is 5.75. The first-order valence-corrected chi connectivity index (χ1v) is 16.1. The maximum atomic E-state index is 11.4. The number of carboxylic acid groups (broad SMARTS) is 1. The van der Waals surface area contributed by atoms with E-state index >= 15 is 0 Å². The van der Waals surface area contributed by atoms with Crippen molar-refractivity contribution in [2.24, 2.45) is 11.7 Å². The smallest absolute Gasteiger partial charge is 0.306 e. The summed E-state index contributed by atoms with van der Waals surface area (Å²) in [4.78, 5) is 18.5. The molecule has 0 unspecified atom stereocenters. The molecule has 1 aliphatic heterocycles. The van der Waals surface area contributed by atoms with Crippen LogP contribution in [0.3, 0.4) is 0 Å². The van der Waals surface area contributed by atoms with Gasteiger partial charge in [-0.3, -0.25) is 9.69 Å². The number of fused-ring (bicyclic) bond motifs is 2. The van der Waals surface area contributed by atoms with Gasteiger partial charge in [-0.1, -0.05) is 24.3 Å². The van der Waals surface area contributed by atoms with Gasteiger partial charge >= 0.3 is 5.97 Å². The minimum atomic E-state index is -0.731. The molecule has 1 aliphatic rings. The van der Waals surface area contributed by atoms with Crippen molar-refractivity contribution in [1.29, 1.82) is 5.26 Å². The molecule has 0 saturated carbocycles. The molecule has 0 atom stereocenters. The summed E-state index contributed by atoms with van der Waals surface area (Å²) >= 11 is 0. The summed E-state index contributed by atoms with van der Waals surface area (Å²) < 4.78 is 19.4. The molecule has 0 bridgehead atoms. The van der Waals surface area contributed by atoms with Crippen molar-refractivity contribution in [2.75, 3.05) is 27.3 Å². The van der Waals surface area contributed by atoms with E-state index in [1.807, 2.05) is 66.3 Å². The van der Waals surface area contributed by atoms with Gasteiger partial charge in [-0.05, 0) is 79.4 Å². The quantitative estimate of drug-likeness (QED) is 0.177. The molecular formula is C38H36N6O5. The number of carbonyl (C=O) groups is 1. The van der Waals surface area contributed by atoms with Gasteiger partial charge < -0.3 is 24.7 Å². The van der Waals surface area contributed by atoms with E-state index in [0.29, 0.717) is 66.5 Å². The molecule has 7 rings (SSSR count). The predicted octanol–water partition coefficient (Wildman–Crippen LogP) is 6.45. The molecule has 11 heteroatoms. The van der Waals surface area contributed by atoms with Crippen LogP contribution in [0.4, 0.5) is 0 Å². The summed E-state index contributed by atoms with van der Waals surface area (Å²) in [5.74, 6) is 0.671. The van der Waals surface area contributed by atoms with Crippen LogP contribution in [0, 0.1) is 24.2 Å². The number of aliphatic carboxylic acids is 1. The lowest BCUT2D eigenvalue weighted by atomic mass is 9.94. The number of hydrogen-bond donors (Lipinski definition) is 2. The van der Waals surface area contributed by atoms with Crippen molar-refractivity contribution >= 4 is 28.0 Å². The Morgan fingerprint density at radius 3 is 2.41 bits per heavy atom. The van der Waals surface area contributed by atoms with Gasteiger partial charge in [0.25, 0.3) is 0 Å². The second kappa shape index (κ2) is 13.1. The van der Waals surface area contributed by atoms with Gasteiger partial charge in [0.1, 0.15) is 23.1 Å². The maximum absolute atomic E-state index is 11.4. The number of nitrogens with zero attached hydrogens (tertiary/aromatic N) is 5. The number of rotatable bonds is 9. The molecule has 49 heavy (non-hydrogen) atoms. The fourth-order valence-electron chi connectivity index (χ4n) is 6.92. The number of hydrogen-bond acceptors (Lipinski definition) is 9. The molecule has 0 spiro atoms. The second-order valence-corrected chi connectivity index (χ2v) is 12.3. The molecule has 11 nitrogen and oxygen atoms in total. The molecule has 3 heterocycles. The van der Waals surface area contributed by atoms with Crippen molar-refractivity contribution < 1.29 is 23.8 Å². The molecule has 1 fully saturated rings. The number of carboxylic acids is 1. The van der Waals surface area contributed by atoms with Crippen LogP contribution in [0.15, 0.2) is 71.3 Å². The largest absolute Gasteiger partial charge is 0.496 e. The van der Waals surface area contributed by atoms with Gasteiger partial charge in [0, 0.05) is 41.7 Å². The summed E-state index contributed by atoms with van der Waals surface area (Å²) in [7, 11) is 3.22. The second-order valence-electron chi connectivity index (χ2n) is 12.3. The highest BCUT2D eigenvalue weighted by molar-refractivity contribution is 5.97. The average Bonchev–Trinajstić information content (AvgIpc) is 3.76. The summed E-state index contributed by atoms with van der Waals surface area (Å²) in [5, 5.41) is 25.1. The van der Waals surface area contributed by atoms with Crippen molar-refractivity contribution in [1.82, 2.24) is 19.7 Å². The van der Waals surface area contributed by atoms with Crippen LogP contribution in [-0.4, -0.2) is 58.0 Å². The minimum Gasteiger partial charge on any atom is -0.496 e. The first-order valence-electron chi connectivity index (χ1n) is 16.1. The standard InChI is InChI=1S/C38H36N6O5/c1-22-27(29-8-5-9-33-31(29)20-41-44(33)26-16-34(47-2)30(19-40)35(17-26)48-3)6-4-7-28(22)37-42-32-15-23(14-25(18-39)36(32)49-37)21-43-12-10-24(11-13-43)38(45)46/h4-9,14-17,20,24H,10-13,19,21,40H2,1-3H3,(H,45,46). The Kier molecular flexibility index (Phi) is 8.50. The molecule has 248 valence electrons. The number of oxazole rings is 1. The first-order chi connectivity index (χ1) is 23.8. The van der Waals surface area contributed by atoms with Gasteiger partial charge in [0.2, 0.25) is 5.89 Å². The van der Waals surface area contributed by atoms with Crippen molar-refractivity contribution in [3.63, 3.8) is 0 Å². The lowest BCUT2D eigenvalue weighted by Gasteiger charge is -2.30. The van der Waals surface area contributed by atoms with E-state index in [4.69, 9.17) is 29.7 Å². The van der Waals surface area contributed by atoms with Crippen LogP contribution in [0.1, 0.15) is 35.1 Å². The number of benzene rings is 4. The average molecular weight is 657 g/mol. The zero-order chi connectivity index (χ0) is 34.2. The van der Waals surface area contributed by atoms with Gasteiger partial charge in [-0.25, -0.2) is 9.67 Å². The van der Waals surface area contributed by atoms with Crippen LogP contribution in [0.2, 0.25) is 0 Å². The lowest BCUT2D eigenvalue weighted by Crippen LogP contribution is -2.35. The topological polar surface area (TPSA) is 153 Å². The van der Waals surface area contributed by atoms with Gasteiger partial charge in [-0.2, -0.15) is 10.4 Å². The van der Waals surface area contributed by atoms with Crippen molar-refractivity contribution in [3.05, 3.63) is 89.1 Å². The van der Waals surface area contributed by atoms with E-state index in [9.17, 15) is 15.2 Å². The minimum absolute atomic E-state index is 0.278. The van der Waals surface area contributed by atoms with Crippen LogP contribution >= 0.6 is 0 Å². The Balaban J connectivity index is 1.24. The third-order valence-corrected chi connectivity index (χ3v) is 9.52. The monoisotopic (exact) mass is 656 g/mol. The number of likely N-dealkylation sites (tertiary alicyclic amines) is 1. The first kappa shape index (κ1) is 31.9. The molecule has 4 aromatic carbocycles. The molecule has 6 aromatic rings. The number of nitrogens with two attached hydrogens (primary N) is 1. The maximum Gasteiger partial charge on any atom is 0.306 e. The Morgan fingerprint density at radius 1 is 1.04 bits per heavy atom. The highest BCUT2D eigenvalue weighted by Gasteiger charge is 2.25. The Labute approximate surface area is 283 Å². The van der Waals surface area contributed by atoms with Crippen LogP contribution in [0.25, 0.3) is 50.3 Å². The lowest BCUT2D eigenvalue weighted by molar-refractivity contribution is -0.143. The summed E-state index contributed by atoms with van der Waals surface area (Å²) in [5.41, 5.74) is 14.7. The SMILES string of the molecule is COc1cc(-n2ncc3c(-c4cccc(-c5nc6cc(CN7CCC(C(=O)O)CC7)cc(C#N)c6o5)c4C)cccc32)cc(OC)c1CN. The zero-order valence-electron chi connectivity index (χ0n) is 27.6. The molecule has 0 amide bonds. The Morgan fingerprint density at radius 2 is 1.73 bits per heavy atom. The van der Waals surface area contributed by atoms with E-state index in [1.54, 1.807) is 14.2 Å². The van der Waals surface area contributed by atoms with Crippen LogP contribution in [-0.2, 0) is 17.9 Å². The van der Waals surface area contributed by atoms with Gasteiger partial charge in [0.05, 0.1) is 43.1 Å². The van der Waals surface area contributed by atoms with E-state index in [-0.39, 0.29) is 12.5 Å². The molecule has 3 N–H and O–H groups in total. The van der Waals surface area contributed by atoms with Gasteiger partial charge in [-0.15, -0.1) is 0 Å². The molecular weight excluding hydrogens is 620 g/mol. The van der Waals surface area contributed by atoms with Crippen molar-refractivity contribution in [2.45, 2.75) is 32.9 Å². The van der Waals surface area contributed by atoms with E-state index < -0.39 is 5.97 Å². The number of aromatic nitrogens is 3. The fourth-order valence-corrected chi connectivity index (χ4v) is 6.92. The number of nitriles is 1. The summed E-state index contributed by atoms with van der Waals surface area (Å²) in [6, 6.07) is 22.0. The fraction of sp³-hybridized carbons (Fsp3) is 0.263. The highest BCUT2D eigenvalue weighted by Crippen LogP contribution is 2.38. The van der Waals surface area contributed by atoms with Crippen LogP contribution < -0.4 is 15.2 Å². The van der Waals surface area contributed by atoms with E-state index in [0.717, 1.165) is 50.0 Å². The van der Waals surface area contributed by atoms with E-state index in [2.05, 4.69) is 23.1 Å². The van der Waals surface area contributed by atoms with Crippen molar-refractivity contribution in [3.8, 4) is 45.8 Å². The van der Waals surface area contributed by atoms with Crippen LogP contribution in [0.5, 0.6) is 11.5 Å². The summed E-state index contributed by atoms with van der Waals surface area (Å²) in [6.07, 6.45) is 3.09. The molecule has 2 aromatic heterocycles. The molecule has 1 saturated heterocycles. The molecule has 0 radical (unpaired) electrons. The van der Waals surface area contributed by atoms with Gasteiger partial charge in [0.15, 0.2) is 5.58 Å². The zero-order valence-corrected chi connectivity index (χ0v) is 27.6. The Hall–Kier alpha value is -5.70. The number of methoxy groups -OCH3 is 2. The third-order valence-electron chi connectivity index (χ3n) is 9.52. The highest BCUT2D eigenvalue weighted by atomic mass is 16.5. The Bertz CT molecular complexity index is 2230. The normalized spacial score (nSPS) is 13.9. The van der Waals surface area contributed by atoms with E-state index in [1.165, 1.54) is 0 Å². The number of piperidine rings is 1. The predicted molar refractivity (Wildman–Crippen MR) is 186 cm³/mol. The molecule has 0 aliphatic carbocycles. The number of ether oxygens (including phenoxy) is 2. The summed E-state index contributed by atoms with van der Waals surface area (Å²) in [6.45, 7) is 4.33.